The number of anilines is 5. The molecule has 53 heavy (non-hydrogen) atoms. The normalized spacial score (nSPS) is 12.9. The molecular formula is C51H48N2. The summed E-state index contributed by atoms with van der Waals surface area (Å²) in [6.45, 7) is 11.7. The predicted molar refractivity (Wildman–Crippen MR) is 230 cm³/mol. The summed E-state index contributed by atoms with van der Waals surface area (Å²) in [5.41, 5.74) is 8.27. The topological polar surface area (TPSA) is 6.48 Å². The zero-order valence-electron chi connectivity index (χ0n) is 31.6. The molecule has 0 radical (unpaired) electrons. The largest absolute Gasteiger partial charge is 0.331 e. The van der Waals surface area contributed by atoms with Gasteiger partial charge < -0.3 is 9.80 Å². The maximum absolute atomic E-state index is 2.56. The van der Waals surface area contributed by atoms with Gasteiger partial charge in [0.05, 0.1) is 16.9 Å². The molecule has 0 saturated heterocycles. The minimum Gasteiger partial charge on any atom is -0.331 e. The molecule has 0 spiro atoms. The molecule has 8 aromatic rings. The molecule has 0 aliphatic heterocycles. The molecular weight excluding hydrogens is 641 g/mol. The third-order valence-corrected chi connectivity index (χ3v) is 11.7. The Kier molecular flexibility index (Phi) is 9.00. The van der Waals surface area contributed by atoms with Crippen molar-refractivity contribution in [2.45, 2.75) is 58.4 Å². The van der Waals surface area contributed by atoms with Crippen molar-refractivity contribution in [2.75, 3.05) is 9.80 Å². The van der Waals surface area contributed by atoms with Gasteiger partial charge in [-0.15, -0.1) is 0 Å². The van der Waals surface area contributed by atoms with Gasteiger partial charge in [0.25, 0.3) is 0 Å². The monoisotopic (exact) mass is 688 g/mol. The maximum atomic E-state index is 2.56. The highest BCUT2D eigenvalue weighted by molar-refractivity contribution is 6.04. The van der Waals surface area contributed by atoms with Crippen molar-refractivity contribution in [1.82, 2.24) is 0 Å². The zero-order valence-corrected chi connectivity index (χ0v) is 31.6. The molecule has 0 aromatic heterocycles. The van der Waals surface area contributed by atoms with Crippen LogP contribution in [0.5, 0.6) is 0 Å². The van der Waals surface area contributed by atoms with Crippen molar-refractivity contribution < 1.29 is 0 Å². The Morgan fingerprint density at radius 3 is 1.43 bits per heavy atom. The number of hydrogen-bond acceptors (Lipinski definition) is 2. The zero-order chi connectivity index (χ0) is 36.6. The molecule has 0 aliphatic carbocycles. The fourth-order valence-corrected chi connectivity index (χ4v) is 7.98. The predicted octanol–water partition coefficient (Wildman–Crippen LogP) is 14.8. The fourth-order valence-electron chi connectivity index (χ4n) is 7.98. The van der Waals surface area contributed by atoms with Gasteiger partial charge >= 0.3 is 0 Å². The molecule has 0 aliphatic rings. The van der Waals surface area contributed by atoms with E-state index in [1.54, 1.807) is 0 Å². The Hall–Kier alpha value is -5.86. The summed E-state index contributed by atoms with van der Waals surface area (Å²) in [6, 6.07) is 64.8. The number of nitrogens with zero attached hydrogens (tertiary/aromatic N) is 2. The van der Waals surface area contributed by atoms with Crippen molar-refractivity contribution in [3.05, 3.63) is 187 Å². The fraction of sp³-hybridized carbons (Fsp3) is 0.176. The van der Waals surface area contributed by atoms with Crippen LogP contribution in [0.1, 0.15) is 58.6 Å². The molecule has 0 saturated carbocycles. The molecule has 0 heterocycles. The summed E-state index contributed by atoms with van der Waals surface area (Å²) in [6.07, 6.45) is 2.03. The Labute approximate surface area is 315 Å². The van der Waals surface area contributed by atoms with Gasteiger partial charge in [0.2, 0.25) is 0 Å². The van der Waals surface area contributed by atoms with Gasteiger partial charge in [0.1, 0.15) is 0 Å². The van der Waals surface area contributed by atoms with Gasteiger partial charge in [-0.3, -0.25) is 0 Å². The Morgan fingerprint density at radius 2 is 0.868 bits per heavy atom. The average Bonchev–Trinajstić information content (AvgIpc) is 3.21. The molecule has 262 valence electrons. The van der Waals surface area contributed by atoms with E-state index in [1.807, 2.05) is 0 Å². The lowest BCUT2D eigenvalue weighted by Gasteiger charge is -2.44. The molecule has 8 rings (SSSR count). The van der Waals surface area contributed by atoms with Crippen molar-refractivity contribution in [3.8, 4) is 0 Å². The number of fused-ring (bicyclic) bond motifs is 3. The number of benzene rings is 8. The summed E-state index contributed by atoms with van der Waals surface area (Å²) in [5.74, 6) is 0. The van der Waals surface area contributed by atoms with Crippen molar-refractivity contribution >= 4 is 60.8 Å². The van der Waals surface area contributed by atoms with E-state index in [-0.39, 0.29) is 11.0 Å². The lowest BCUT2D eigenvalue weighted by Crippen LogP contribution is -2.40. The average molecular weight is 689 g/mol. The lowest BCUT2D eigenvalue weighted by molar-refractivity contribution is 0.462. The third kappa shape index (κ3) is 6.23. The first kappa shape index (κ1) is 34.2. The van der Waals surface area contributed by atoms with E-state index in [9.17, 15) is 0 Å². The van der Waals surface area contributed by atoms with E-state index in [2.05, 4.69) is 220 Å². The van der Waals surface area contributed by atoms with Crippen molar-refractivity contribution in [2.24, 2.45) is 0 Å². The van der Waals surface area contributed by atoms with Crippen molar-refractivity contribution in [1.29, 1.82) is 0 Å². The first-order valence-electron chi connectivity index (χ1n) is 19.1. The van der Waals surface area contributed by atoms with Crippen molar-refractivity contribution in [3.63, 3.8) is 0 Å². The lowest BCUT2D eigenvalue weighted by atomic mass is 9.79. The molecule has 1 atom stereocenters. The quantitative estimate of drug-likeness (QED) is 0.141. The van der Waals surface area contributed by atoms with Crippen LogP contribution in [-0.2, 0) is 11.0 Å². The van der Waals surface area contributed by atoms with Gasteiger partial charge in [0, 0.05) is 27.8 Å². The van der Waals surface area contributed by atoms with E-state index in [4.69, 9.17) is 0 Å². The van der Waals surface area contributed by atoms with E-state index in [0.29, 0.717) is 0 Å². The van der Waals surface area contributed by atoms with Crippen LogP contribution in [0.3, 0.4) is 0 Å². The van der Waals surface area contributed by atoms with E-state index in [1.165, 1.54) is 49.1 Å². The first-order valence-corrected chi connectivity index (χ1v) is 19.1. The first-order chi connectivity index (χ1) is 25.8. The highest BCUT2D eigenvalue weighted by Crippen LogP contribution is 2.46. The summed E-state index contributed by atoms with van der Waals surface area (Å²) in [4.78, 5) is 4.99. The Morgan fingerprint density at radius 1 is 0.396 bits per heavy atom. The Balaban J connectivity index is 1.30. The number of hydrogen-bond donors (Lipinski definition) is 0. The second-order valence-electron chi connectivity index (χ2n) is 15.2. The molecule has 0 amide bonds. The van der Waals surface area contributed by atoms with Gasteiger partial charge in [-0.25, -0.2) is 0 Å². The van der Waals surface area contributed by atoms with Crippen LogP contribution in [0.25, 0.3) is 32.3 Å². The smallest absolute Gasteiger partial charge is 0.0671 e. The van der Waals surface area contributed by atoms with E-state index in [0.717, 1.165) is 35.6 Å². The van der Waals surface area contributed by atoms with Gasteiger partial charge in [0.15, 0.2) is 0 Å². The second-order valence-corrected chi connectivity index (χ2v) is 15.2. The van der Waals surface area contributed by atoms with Crippen LogP contribution in [0.15, 0.2) is 176 Å². The molecule has 0 N–H and O–H groups in total. The van der Waals surface area contributed by atoms with Crippen LogP contribution in [-0.4, -0.2) is 0 Å². The highest BCUT2D eigenvalue weighted by atomic mass is 15.2. The van der Waals surface area contributed by atoms with E-state index < -0.39 is 0 Å². The van der Waals surface area contributed by atoms with Gasteiger partial charge in [-0.2, -0.15) is 0 Å². The highest BCUT2D eigenvalue weighted by Gasteiger charge is 2.34. The minimum absolute atomic E-state index is 0.134. The van der Waals surface area contributed by atoms with E-state index >= 15 is 0 Å². The summed E-state index contributed by atoms with van der Waals surface area (Å²) in [5, 5.41) is 7.37. The Bertz CT molecular complexity index is 2440. The summed E-state index contributed by atoms with van der Waals surface area (Å²) < 4.78 is 0. The SMILES string of the molecule is CCC(C)(C)c1ccc(C(C)(CC)N(c2ccc(N(c3cccc4ccccc34)c3cccc4ccccc34)cc2)c2ccc3ccccc3c2)cc1. The van der Waals surface area contributed by atoms with Crippen LogP contribution >= 0.6 is 0 Å². The standard InChI is InChI=1S/C51H48N2/c1-6-50(3,4)41-27-29-42(30-28-41)51(5,7-2)53(45-31-26-37-16-8-9-19-40(37)36-45)44-34-32-43(33-35-44)52(48-24-14-20-38-17-10-12-22-46(38)48)49-25-15-21-39-18-11-13-23-47(39)49/h8-36H,6-7H2,1-5H3. The summed E-state index contributed by atoms with van der Waals surface area (Å²) >= 11 is 0. The van der Waals surface area contributed by atoms with Gasteiger partial charge in [-0.1, -0.05) is 155 Å². The molecule has 8 aromatic carbocycles. The van der Waals surface area contributed by atoms with Crippen LogP contribution in [0, 0.1) is 0 Å². The maximum Gasteiger partial charge on any atom is 0.0671 e. The molecule has 2 nitrogen and oxygen atoms in total. The van der Waals surface area contributed by atoms with Crippen LogP contribution < -0.4 is 9.80 Å². The minimum atomic E-state index is -0.316. The summed E-state index contributed by atoms with van der Waals surface area (Å²) in [7, 11) is 0. The van der Waals surface area contributed by atoms with Crippen LogP contribution in [0.2, 0.25) is 0 Å². The third-order valence-electron chi connectivity index (χ3n) is 11.7. The second kappa shape index (κ2) is 13.9. The number of rotatable bonds is 10. The van der Waals surface area contributed by atoms with Crippen LogP contribution in [0.4, 0.5) is 28.4 Å². The molecule has 1 unspecified atom stereocenters. The molecule has 0 bridgehead atoms. The van der Waals surface area contributed by atoms with Gasteiger partial charge in [-0.05, 0) is 106 Å². The molecule has 2 heteroatoms. The molecule has 0 fully saturated rings.